The van der Waals surface area contributed by atoms with Crippen molar-refractivity contribution >= 4 is 10.0 Å². The van der Waals surface area contributed by atoms with Crippen LogP contribution in [0.25, 0.3) is 0 Å². The molecule has 0 aromatic carbocycles. The van der Waals surface area contributed by atoms with Crippen molar-refractivity contribution in [1.29, 1.82) is 0 Å². The smallest absolute Gasteiger partial charge is 0.276 e. The SMILES string of the molecule is CC(C)NCc1ccc(S(=O)(=O)N2CCCOCC2)o1. The van der Waals surface area contributed by atoms with Crippen molar-refractivity contribution < 1.29 is 17.6 Å². The summed E-state index contributed by atoms with van der Waals surface area (Å²) in [7, 11) is -3.54. The van der Waals surface area contributed by atoms with Gasteiger partial charge in [0.2, 0.25) is 5.09 Å². The lowest BCUT2D eigenvalue weighted by atomic mass is 10.3. The fourth-order valence-electron chi connectivity index (χ4n) is 1.99. The van der Waals surface area contributed by atoms with Crippen molar-refractivity contribution in [2.24, 2.45) is 0 Å². The largest absolute Gasteiger partial charge is 0.447 e. The van der Waals surface area contributed by atoms with Crippen molar-refractivity contribution in [1.82, 2.24) is 9.62 Å². The minimum atomic E-state index is -3.54. The summed E-state index contributed by atoms with van der Waals surface area (Å²) in [6.07, 6.45) is 0.710. The van der Waals surface area contributed by atoms with Gasteiger partial charge in [-0.15, -0.1) is 0 Å². The van der Waals surface area contributed by atoms with Crippen LogP contribution < -0.4 is 5.32 Å². The predicted octanol–water partition coefficient (Wildman–Crippen LogP) is 1.19. The maximum absolute atomic E-state index is 12.4. The molecule has 114 valence electrons. The topological polar surface area (TPSA) is 71.8 Å². The summed E-state index contributed by atoms with van der Waals surface area (Å²) < 4.78 is 37.1. The Kier molecular flexibility index (Phi) is 5.20. The number of sulfonamides is 1. The molecule has 2 heterocycles. The Bertz CT molecular complexity index is 516. The maximum atomic E-state index is 12.4. The number of hydrogen-bond acceptors (Lipinski definition) is 5. The highest BCUT2D eigenvalue weighted by Crippen LogP contribution is 2.20. The van der Waals surface area contributed by atoms with Crippen LogP contribution in [0.5, 0.6) is 0 Å². The van der Waals surface area contributed by atoms with Gasteiger partial charge in [0.1, 0.15) is 5.76 Å². The first-order valence-corrected chi connectivity index (χ1v) is 8.34. The predicted molar refractivity (Wildman–Crippen MR) is 74.9 cm³/mol. The highest BCUT2D eigenvalue weighted by Gasteiger charge is 2.28. The summed E-state index contributed by atoms with van der Waals surface area (Å²) in [5, 5.41) is 3.21. The molecule has 1 aromatic heterocycles. The summed E-state index contributed by atoms with van der Waals surface area (Å²) in [6.45, 7) is 6.46. The van der Waals surface area contributed by atoms with Gasteiger partial charge in [-0.1, -0.05) is 13.8 Å². The normalized spacial score (nSPS) is 18.4. The van der Waals surface area contributed by atoms with Gasteiger partial charge in [0.15, 0.2) is 0 Å². The van der Waals surface area contributed by atoms with Gasteiger partial charge in [-0.2, -0.15) is 4.31 Å². The van der Waals surface area contributed by atoms with E-state index in [9.17, 15) is 8.42 Å². The second kappa shape index (κ2) is 6.71. The van der Waals surface area contributed by atoms with Gasteiger partial charge in [-0.05, 0) is 18.6 Å². The Labute approximate surface area is 120 Å². The van der Waals surface area contributed by atoms with Gasteiger partial charge < -0.3 is 14.5 Å². The summed E-state index contributed by atoms with van der Waals surface area (Å²) in [5.74, 6) is 0.628. The number of rotatable bonds is 5. The van der Waals surface area contributed by atoms with E-state index in [0.29, 0.717) is 51.1 Å². The van der Waals surface area contributed by atoms with Crippen LogP contribution >= 0.6 is 0 Å². The van der Waals surface area contributed by atoms with Crippen LogP contribution in [0.4, 0.5) is 0 Å². The van der Waals surface area contributed by atoms with E-state index in [2.05, 4.69) is 5.32 Å². The van der Waals surface area contributed by atoms with Crippen LogP contribution in [-0.4, -0.2) is 45.1 Å². The molecule has 20 heavy (non-hydrogen) atoms. The van der Waals surface area contributed by atoms with Crippen molar-refractivity contribution in [3.8, 4) is 0 Å². The molecule has 0 aliphatic carbocycles. The molecule has 1 aromatic rings. The van der Waals surface area contributed by atoms with Crippen LogP contribution in [0.2, 0.25) is 0 Å². The van der Waals surface area contributed by atoms with Crippen molar-refractivity contribution in [2.75, 3.05) is 26.3 Å². The van der Waals surface area contributed by atoms with Crippen molar-refractivity contribution in [3.05, 3.63) is 17.9 Å². The molecule has 0 radical (unpaired) electrons. The van der Waals surface area contributed by atoms with Gasteiger partial charge in [-0.3, -0.25) is 0 Å². The van der Waals surface area contributed by atoms with Crippen molar-refractivity contribution in [3.63, 3.8) is 0 Å². The zero-order valence-electron chi connectivity index (χ0n) is 12.0. The first-order valence-electron chi connectivity index (χ1n) is 6.90. The van der Waals surface area contributed by atoms with Gasteiger partial charge in [0, 0.05) is 25.7 Å². The summed E-state index contributed by atoms with van der Waals surface area (Å²) >= 11 is 0. The van der Waals surface area contributed by atoms with Crippen LogP contribution in [0, 0.1) is 0 Å². The van der Waals surface area contributed by atoms with Gasteiger partial charge >= 0.3 is 0 Å². The Hall–Kier alpha value is -0.890. The van der Waals surface area contributed by atoms with E-state index in [1.807, 2.05) is 13.8 Å². The number of nitrogens with zero attached hydrogens (tertiary/aromatic N) is 1. The summed E-state index contributed by atoms with van der Waals surface area (Å²) in [4.78, 5) is 0. The molecular weight excluding hydrogens is 280 g/mol. The Morgan fingerprint density at radius 2 is 2.10 bits per heavy atom. The average Bonchev–Trinajstić information content (AvgIpc) is 2.70. The van der Waals surface area contributed by atoms with E-state index < -0.39 is 10.0 Å². The minimum Gasteiger partial charge on any atom is -0.447 e. The highest BCUT2D eigenvalue weighted by atomic mass is 32.2. The second-order valence-electron chi connectivity index (χ2n) is 5.13. The Morgan fingerprint density at radius 3 is 2.85 bits per heavy atom. The molecule has 0 unspecified atom stereocenters. The summed E-state index contributed by atoms with van der Waals surface area (Å²) in [6, 6.07) is 3.55. The third-order valence-electron chi connectivity index (χ3n) is 3.10. The Balaban J connectivity index is 2.08. The van der Waals surface area contributed by atoms with Gasteiger partial charge in [-0.25, -0.2) is 8.42 Å². The molecule has 1 N–H and O–H groups in total. The van der Waals surface area contributed by atoms with Crippen LogP contribution in [0.3, 0.4) is 0 Å². The molecule has 1 fully saturated rings. The standard InChI is InChI=1S/C13H22N2O4S/c1-11(2)14-10-12-4-5-13(19-12)20(16,17)15-6-3-8-18-9-7-15/h4-5,11,14H,3,6-10H2,1-2H3. The lowest BCUT2D eigenvalue weighted by Gasteiger charge is -2.17. The number of furan rings is 1. The molecule has 1 aliphatic heterocycles. The third-order valence-corrected chi connectivity index (χ3v) is 4.87. The lowest BCUT2D eigenvalue weighted by Crippen LogP contribution is -2.33. The molecule has 0 amide bonds. The summed E-state index contributed by atoms with van der Waals surface area (Å²) in [5.41, 5.74) is 0. The number of ether oxygens (including phenoxy) is 1. The van der Waals surface area contributed by atoms with E-state index in [1.54, 1.807) is 6.07 Å². The number of nitrogens with one attached hydrogen (secondary N) is 1. The molecule has 2 rings (SSSR count). The fraction of sp³-hybridized carbons (Fsp3) is 0.692. The second-order valence-corrected chi connectivity index (χ2v) is 7.00. The zero-order valence-corrected chi connectivity index (χ0v) is 12.8. The fourth-order valence-corrected chi connectivity index (χ4v) is 3.38. The minimum absolute atomic E-state index is 0.0138. The molecule has 0 bridgehead atoms. The Morgan fingerprint density at radius 1 is 1.30 bits per heavy atom. The van der Waals surface area contributed by atoms with Gasteiger partial charge in [0.05, 0.1) is 13.2 Å². The average molecular weight is 302 g/mol. The quantitative estimate of drug-likeness (QED) is 0.884. The molecule has 0 atom stereocenters. The third kappa shape index (κ3) is 3.82. The first-order chi connectivity index (χ1) is 9.50. The van der Waals surface area contributed by atoms with E-state index in [-0.39, 0.29) is 5.09 Å². The van der Waals surface area contributed by atoms with E-state index >= 15 is 0 Å². The molecular formula is C13H22N2O4S. The van der Waals surface area contributed by atoms with E-state index in [4.69, 9.17) is 9.15 Å². The van der Waals surface area contributed by atoms with Crippen LogP contribution in [-0.2, 0) is 21.3 Å². The van der Waals surface area contributed by atoms with Gasteiger partial charge in [0.25, 0.3) is 10.0 Å². The first kappa shape index (κ1) is 15.5. The molecule has 0 saturated carbocycles. The molecule has 1 saturated heterocycles. The van der Waals surface area contributed by atoms with E-state index in [1.165, 1.54) is 10.4 Å². The van der Waals surface area contributed by atoms with E-state index in [0.717, 1.165) is 0 Å². The molecule has 6 nitrogen and oxygen atoms in total. The maximum Gasteiger partial charge on any atom is 0.276 e. The molecule has 0 spiro atoms. The zero-order chi connectivity index (χ0) is 14.6. The molecule has 7 heteroatoms. The van der Waals surface area contributed by atoms with Crippen LogP contribution in [0.1, 0.15) is 26.0 Å². The number of hydrogen-bond donors (Lipinski definition) is 1. The highest BCUT2D eigenvalue weighted by molar-refractivity contribution is 7.89. The lowest BCUT2D eigenvalue weighted by molar-refractivity contribution is 0.148. The van der Waals surface area contributed by atoms with Crippen LogP contribution in [0.15, 0.2) is 21.6 Å². The van der Waals surface area contributed by atoms with Crippen molar-refractivity contribution in [2.45, 2.75) is 37.9 Å². The monoisotopic (exact) mass is 302 g/mol. The molecule has 1 aliphatic rings.